The monoisotopic (exact) mass is 405 g/mol. The summed E-state index contributed by atoms with van der Waals surface area (Å²) in [7, 11) is 0. The molecule has 7 nitrogen and oxygen atoms in total. The molecule has 1 aliphatic rings. The van der Waals surface area contributed by atoms with Crippen molar-refractivity contribution in [3.8, 4) is 5.75 Å². The topological polar surface area (TPSA) is 75.0 Å². The van der Waals surface area contributed by atoms with Crippen LogP contribution in [0.1, 0.15) is 16.1 Å². The molecule has 30 heavy (non-hydrogen) atoms. The minimum Gasteiger partial charge on any atom is -0.489 e. The van der Waals surface area contributed by atoms with Crippen LogP contribution in [0, 0.1) is 0 Å². The second-order valence-electron chi connectivity index (χ2n) is 6.99. The molecule has 2 heterocycles. The molecule has 1 N–H and O–H groups in total. The smallest absolute Gasteiger partial charge is 0.321 e. The van der Waals surface area contributed by atoms with Crippen molar-refractivity contribution in [1.82, 2.24) is 9.80 Å². The highest BCUT2D eigenvalue weighted by Gasteiger charge is 2.26. The number of benzene rings is 2. The van der Waals surface area contributed by atoms with Crippen molar-refractivity contribution < 1.29 is 18.7 Å². The molecule has 0 spiro atoms. The second-order valence-corrected chi connectivity index (χ2v) is 6.99. The SMILES string of the molecule is O=C(Nc1ccc(OCc2ccccc2)cc1)N1CCN(C(=O)c2ccco2)CC1. The molecule has 1 aliphatic heterocycles. The van der Waals surface area contributed by atoms with Crippen molar-refractivity contribution in [3.63, 3.8) is 0 Å². The number of hydrogen-bond acceptors (Lipinski definition) is 4. The van der Waals surface area contributed by atoms with Crippen LogP contribution in [0.15, 0.2) is 77.4 Å². The Bertz CT molecular complexity index is 963. The number of carbonyl (C=O) groups is 2. The molecule has 2 aromatic carbocycles. The summed E-state index contributed by atoms with van der Waals surface area (Å²) in [5.41, 5.74) is 1.79. The fourth-order valence-electron chi connectivity index (χ4n) is 3.25. The molecule has 4 rings (SSSR count). The predicted octanol–water partition coefficient (Wildman–Crippen LogP) is 3.85. The zero-order valence-corrected chi connectivity index (χ0v) is 16.5. The van der Waals surface area contributed by atoms with Gasteiger partial charge in [0, 0.05) is 31.9 Å². The highest BCUT2D eigenvalue weighted by molar-refractivity contribution is 5.92. The Hall–Kier alpha value is -3.74. The minimum atomic E-state index is -0.182. The number of anilines is 1. The molecule has 0 saturated carbocycles. The molecule has 0 atom stereocenters. The van der Waals surface area contributed by atoms with Crippen molar-refractivity contribution in [1.29, 1.82) is 0 Å². The van der Waals surface area contributed by atoms with E-state index in [1.165, 1.54) is 6.26 Å². The van der Waals surface area contributed by atoms with Crippen LogP contribution in [0.4, 0.5) is 10.5 Å². The van der Waals surface area contributed by atoms with Crippen LogP contribution >= 0.6 is 0 Å². The van der Waals surface area contributed by atoms with Gasteiger partial charge >= 0.3 is 6.03 Å². The third kappa shape index (κ3) is 4.81. The standard InChI is InChI=1S/C23H23N3O4/c27-22(21-7-4-16-29-21)25-12-14-26(15-13-25)23(28)24-19-8-10-20(11-9-19)30-17-18-5-2-1-3-6-18/h1-11,16H,12-15,17H2,(H,24,28). The number of nitrogens with zero attached hydrogens (tertiary/aromatic N) is 2. The first kappa shape index (κ1) is 19.6. The third-order valence-electron chi connectivity index (χ3n) is 4.94. The summed E-state index contributed by atoms with van der Waals surface area (Å²) in [5.74, 6) is 0.913. The summed E-state index contributed by atoms with van der Waals surface area (Å²) in [4.78, 5) is 28.2. The Kier molecular flexibility index (Phi) is 5.98. The maximum atomic E-state index is 12.5. The van der Waals surface area contributed by atoms with Crippen LogP contribution in [-0.4, -0.2) is 47.9 Å². The number of hydrogen-bond donors (Lipinski definition) is 1. The van der Waals surface area contributed by atoms with Crippen molar-refractivity contribution in [2.75, 3.05) is 31.5 Å². The molecule has 3 aromatic rings. The van der Waals surface area contributed by atoms with E-state index in [2.05, 4.69) is 5.32 Å². The lowest BCUT2D eigenvalue weighted by Gasteiger charge is -2.34. The highest BCUT2D eigenvalue weighted by atomic mass is 16.5. The number of rotatable bonds is 5. The molecule has 1 fully saturated rings. The van der Waals surface area contributed by atoms with Gasteiger partial charge in [-0.1, -0.05) is 30.3 Å². The Balaban J connectivity index is 1.24. The average molecular weight is 405 g/mol. The Morgan fingerprint density at radius 2 is 1.57 bits per heavy atom. The number of ether oxygens (including phenoxy) is 1. The number of piperazine rings is 1. The molecule has 0 unspecified atom stereocenters. The van der Waals surface area contributed by atoms with Crippen LogP contribution in [0.2, 0.25) is 0 Å². The Morgan fingerprint density at radius 3 is 2.23 bits per heavy atom. The first-order valence-electron chi connectivity index (χ1n) is 9.84. The number of amides is 3. The van der Waals surface area contributed by atoms with Gasteiger partial charge in [-0.2, -0.15) is 0 Å². The lowest BCUT2D eigenvalue weighted by Crippen LogP contribution is -2.51. The minimum absolute atomic E-state index is 0.147. The van der Waals surface area contributed by atoms with E-state index in [4.69, 9.17) is 9.15 Å². The van der Waals surface area contributed by atoms with E-state index in [-0.39, 0.29) is 11.9 Å². The van der Waals surface area contributed by atoms with Gasteiger partial charge in [-0.05, 0) is 42.0 Å². The highest BCUT2D eigenvalue weighted by Crippen LogP contribution is 2.18. The number of urea groups is 1. The second kappa shape index (κ2) is 9.17. The van der Waals surface area contributed by atoms with E-state index in [1.54, 1.807) is 21.9 Å². The molecule has 0 bridgehead atoms. The third-order valence-corrected chi connectivity index (χ3v) is 4.94. The van der Waals surface area contributed by atoms with Crippen molar-refractivity contribution in [2.24, 2.45) is 0 Å². The lowest BCUT2D eigenvalue weighted by molar-refractivity contribution is 0.0640. The zero-order valence-electron chi connectivity index (χ0n) is 16.5. The van der Waals surface area contributed by atoms with Crippen LogP contribution < -0.4 is 10.1 Å². The fourth-order valence-corrected chi connectivity index (χ4v) is 3.25. The van der Waals surface area contributed by atoms with Crippen LogP contribution in [-0.2, 0) is 6.61 Å². The molecule has 1 saturated heterocycles. The maximum Gasteiger partial charge on any atom is 0.321 e. The Morgan fingerprint density at radius 1 is 0.867 bits per heavy atom. The summed E-state index contributed by atoms with van der Waals surface area (Å²) < 4.78 is 10.9. The van der Waals surface area contributed by atoms with Gasteiger partial charge in [-0.25, -0.2) is 4.79 Å². The van der Waals surface area contributed by atoms with Crippen molar-refractivity contribution in [3.05, 3.63) is 84.3 Å². The van der Waals surface area contributed by atoms with E-state index in [1.807, 2.05) is 54.6 Å². The normalized spacial score (nSPS) is 13.7. The lowest BCUT2D eigenvalue weighted by atomic mass is 10.2. The Labute approximate surface area is 174 Å². The van der Waals surface area contributed by atoms with Crippen LogP contribution in [0.3, 0.4) is 0 Å². The van der Waals surface area contributed by atoms with Gasteiger partial charge in [0.15, 0.2) is 5.76 Å². The summed E-state index contributed by atoms with van der Waals surface area (Å²) in [6, 6.07) is 20.4. The van der Waals surface area contributed by atoms with E-state index in [0.717, 1.165) is 11.3 Å². The molecule has 7 heteroatoms. The van der Waals surface area contributed by atoms with E-state index >= 15 is 0 Å². The van der Waals surface area contributed by atoms with Gasteiger partial charge in [0.1, 0.15) is 12.4 Å². The zero-order chi connectivity index (χ0) is 20.8. The number of carbonyl (C=O) groups excluding carboxylic acids is 2. The fraction of sp³-hybridized carbons (Fsp3) is 0.217. The largest absolute Gasteiger partial charge is 0.489 e. The average Bonchev–Trinajstić information content (AvgIpc) is 3.34. The van der Waals surface area contributed by atoms with Crippen LogP contribution in [0.25, 0.3) is 0 Å². The van der Waals surface area contributed by atoms with Crippen molar-refractivity contribution in [2.45, 2.75) is 6.61 Å². The molecule has 1 aromatic heterocycles. The van der Waals surface area contributed by atoms with E-state index < -0.39 is 0 Å². The van der Waals surface area contributed by atoms with E-state index in [0.29, 0.717) is 44.2 Å². The maximum absolute atomic E-state index is 12.5. The molecule has 0 aliphatic carbocycles. The first-order valence-corrected chi connectivity index (χ1v) is 9.84. The van der Waals surface area contributed by atoms with Crippen molar-refractivity contribution >= 4 is 17.6 Å². The summed E-state index contributed by atoms with van der Waals surface area (Å²) in [6.07, 6.45) is 1.48. The molecular weight excluding hydrogens is 382 g/mol. The molecule has 154 valence electrons. The van der Waals surface area contributed by atoms with Gasteiger partial charge in [-0.15, -0.1) is 0 Å². The number of furan rings is 1. The summed E-state index contributed by atoms with van der Waals surface area (Å²) in [5, 5.41) is 2.89. The molecular formula is C23H23N3O4. The van der Waals surface area contributed by atoms with E-state index in [9.17, 15) is 9.59 Å². The van der Waals surface area contributed by atoms with Gasteiger partial charge in [0.05, 0.1) is 6.26 Å². The summed E-state index contributed by atoms with van der Waals surface area (Å²) >= 11 is 0. The van der Waals surface area contributed by atoms with Gasteiger partial charge in [0.2, 0.25) is 0 Å². The predicted molar refractivity (Wildman–Crippen MR) is 112 cm³/mol. The van der Waals surface area contributed by atoms with Gasteiger partial charge in [-0.3, -0.25) is 4.79 Å². The molecule has 0 radical (unpaired) electrons. The van der Waals surface area contributed by atoms with Crippen LogP contribution in [0.5, 0.6) is 5.75 Å². The molecule has 3 amide bonds. The number of nitrogens with one attached hydrogen (secondary N) is 1. The quantitative estimate of drug-likeness (QED) is 0.700. The van der Waals surface area contributed by atoms with Gasteiger partial charge < -0.3 is 24.3 Å². The summed E-state index contributed by atoms with van der Waals surface area (Å²) in [6.45, 7) is 2.37. The van der Waals surface area contributed by atoms with Gasteiger partial charge in [0.25, 0.3) is 5.91 Å². The first-order chi connectivity index (χ1) is 14.7.